The summed E-state index contributed by atoms with van der Waals surface area (Å²) in [6, 6.07) is 33.6. The second-order valence-electron chi connectivity index (χ2n) is 9.54. The number of esters is 2. The van der Waals surface area contributed by atoms with Gasteiger partial charge in [0.05, 0.1) is 0 Å². The fourth-order valence-corrected chi connectivity index (χ4v) is 4.58. The molecule has 0 fully saturated rings. The quantitative estimate of drug-likeness (QED) is 0.115. The normalized spacial score (nSPS) is 12.0. The molecule has 5 aromatic rings. The number of ether oxygens (including phenoxy) is 2. The first-order valence-electron chi connectivity index (χ1n) is 13.4. The number of carbonyl (C=O) groups is 4. The Kier molecular flexibility index (Phi) is 9.59. The van der Waals surface area contributed by atoms with E-state index in [1.54, 1.807) is 109 Å². The van der Waals surface area contributed by atoms with Gasteiger partial charge in [-0.25, -0.2) is 14.6 Å². The zero-order valence-electron chi connectivity index (χ0n) is 22.9. The van der Waals surface area contributed by atoms with Crippen LogP contribution in [0.1, 0.15) is 65.0 Å². The molecule has 0 spiro atoms. The summed E-state index contributed by atoms with van der Waals surface area (Å²) in [5.74, 6) is -2.80. The Morgan fingerprint density at radius 2 is 0.841 bits per heavy atom. The highest BCUT2D eigenvalue weighted by Gasteiger charge is 2.30. The van der Waals surface area contributed by atoms with Crippen LogP contribution in [0.15, 0.2) is 127 Å². The summed E-state index contributed by atoms with van der Waals surface area (Å²) in [5, 5.41) is 0.892. The average Bonchev–Trinajstić information content (AvgIpc) is 3.07. The van der Waals surface area contributed by atoms with Crippen LogP contribution in [0.2, 0.25) is 10.0 Å². The monoisotopic (exact) mass is 623 g/mol. The number of pyridine rings is 1. The van der Waals surface area contributed by atoms with Crippen molar-refractivity contribution >= 4 is 46.7 Å². The molecular weight excluding hydrogens is 601 g/mol. The number of nitrogens with zero attached hydrogens (tertiary/aromatic N) is 1. The van der Waals surface area contributed by atoms with Crippen LogP contribution in [0.4, 0.5) is 0 Å². The van der Waals surface area contributed by atoms with E-state index < -0.39 is 35.7 Å². The van der Waals surface area contributed by atoms with Gasteiger partial charge in [0.25, 0.3) is 0 Å². The third-order valence-corrected chi connectivity index (χ3v) is 7.06. The van der Waals surface area contributed by atoms with Crippen LogP contribution in [0.3, 0.4) is 0 Å². The van der Waals surface area contributed by atoms with E-state index in [1.807, 2.05) is 0 Å². The van der Waals surface area contributed by atoms with Gasteiger partial charge < -0.3 is 9.47 Å². The van der Waals surface area contributed by atoms with Gasteiger partial charge in [-0.1, -0.05) is 114 Å². The van der Waals surface area contributed by atoms with E-state index in [1.165, 1.54) is 18.2 Å². The van der Waals surface area contributed by atoms with Crippen LogP contribution < -0.4 is 0 Å². The Morgan fingerprint density at radius 1 is 0.477 bits per heavy atom. The molecule has 0 N–H and O–H groups in total. The highest BCUT2D eigenvalue weighted by atomic mass is 35.5. The average molecular weight is 624 g/mol. The lowest BCUT2D eigenvalue weighted by molar-refractivity contribution is 0.0261. The Bertz CT molecular complexity index is 1660. The number of halogens is 2. The molecule has 7 nitrogen and oxygen atoms in total. The van der Waals surface area contributed by atoms with E-state index >= 15 is 0 Å². The summed E-state index contributed by atoms with van der Waals surface area (Å²) < 4.78 is 11.3. The Hall–Kier alpha value is -5.11. The molecule has 44 heavy (non-hydrogen) atoms. The fraction of sp³-hybridized carbons (Fsp3) is 0.0571. The summed E-state index contributed by atoms with van der Waals surface area (Å²) in [5.41, 5.74) is 0.993. The topological polar surface area (TPSA) is 99.6 Å². The second-order valence-corrected chi connectivity index (χ2v) is 10.4. The molecule has 0 bridgehead atoms. The molecule has 1 aromatic heterocycles. The molecule has 2 atom stereocenters. The molecule has 2 unspecified atom stereocenters. The Labute approximate surface area is 263 Å². The zero-order valence-corrected chi connectivity index (χ0v) is 24.4. The lowest BCUT2D eigenvalue weighted by Crippen LogP contribution is -2.23. The Morgan fingerprint density at radius 3 is 1.20 bits per heavy atom. The summed E-state index contributed by atoms with van der Waals surface area (Å²) >= 11 is 12.0. The molecule has 4 aromatic carbocycles. The smallest absolute Gasteiger partial charge is 0.358 e. The van der Waals surface area contributed by atoms with Gasteiger partial charge in [0.15, 0.2) is 12.2 Å². The van der Waals surface area contributed by atoms with Crippen LogP contribution >= 0.6 is 23.2 Å². The fourth-order valence-electron chi connectivity index (χ4n) is 4.33. The van der Waals surface area contributed by atoms with Crippen molar-refractivity contribution < 1.29 is 28.7 Å². The number of benzene rings is 4. The van der Waals surface area contributed by atoms with Crippen molar-refractivity contribution in [3.8, 4) is 0 Å². The summed E-state index contributed by atoms with van der Waals surface area (Å²) in [7, 11) is 0. The molecule has 0 aliphatic heterocycles. The van der Waals surface area contributed by atoms with Gasteiger partial charge in [0.1, 0.15) is 11.4 Å². The molecule has 0 aliphatic rings. The zero-order chi connectivity index (χ0) is 31.1. The van der Waals surface area contributed by atoms with E-state index in [0.717, 1.165) is 0 Å². The van der Waals surface area contributed by atoms with Crippen molar-refractivity contribution in [2.24, 2.45) is 0 Å². The first-order valence-corrected chi connectivity index (χ1v) is 14.1. The second kappa shape index (κ2) is 13.9. The van der Waals surface area contributed by atoms with Crippen molar-refractivity contribution in [1.29, 1.82) is 0 Å². The predicted octanol–water partition coefficient (Wildman–Crippen LogP) is 7.95. The molecule has 5 rings (SSSR count). The SMILES string of the molecule is O=C(OC(C(=O)c1ccccc1)c1ccc(Cl)cc1)c1cccc(C(=O)OC(C(=O)c2ccccc2)c2ccc(Cl)cc2)n1. The van der Waals surface area contributed by atoms with Crippen molar-refractivity contribution in [3.63, 3.8) is 0 Å². The van der Waals surface area contributed by atoms with Gasteiger partial charge in [-0.15, -0.1) is 0 Å². The number of carbonyl (C=O) groups excluding carboxylic acids is 4. The molecule has 1 heterocycles. The van der Waals surface area contributed by atoms with Crippen LogP contribution in [0, 0.1) is 0 Å². The molecule has 0 radical (unpaired) electrons. The van der Waals surface area contributed by atoms with Crippen LogP contribution in [0.25, 0.3) is 0 Å². The van der Waals surface area contributed by atoms with Gasteiger partial charge in [0, 0.05) is 32.3 Å². The lowest BCUT2D eigenvalue weighted by Gasteiger charge is -2.18. The minimum absolute atomic E-state index is 0.239. The van der Waals surface area contributed by atoms with E-state index in [-0.39, 0.29) is 11.4 Å². The van der Waals surface area contributed by atoms with Gasteiger partial charge in [-0.05, 0) is 36.4 Å². The maximum Gasteiger partial charge on any atom is 0.358 e. The summed E-state index contributed by atoms with van der Waals surface area (Å²) in [6.45, 7) is 0. The van der Waals surface area contributed by atoms with Gasteiger partial charge in [0.2, 0.25) is 11.6 Å². The number of hydrogen-bond donors (Lipinski definition) is 0. The van der Waals surface area contributed by atoms with Crippen LogP contribution in [0.5, 0.6) is 0 Å². The minimum Gasteiger partial charge on any atom is -0.444 e. The van der Waals surface area contributed by atoms with Gasteiger partial charge >= 0.3 is 11.9 Å². The molecule has 0 amide bonds. The third kappa shape index (κ3) is 7.26. The molecule has 218 valence electrons. The largest absolute Gasteiger partial charge is 0.444 e. The molecule has 9 heteroatoms. The van der Waals surface area contributed by atoms with E-state index in [9.17, 15) is 19.2 Å². The first-order chi connectivity index (χ1) is 21.3. The molecular formula is C35H23Cl2NO6. The van der Waals surface area contributed by atoms with Crippen molar-refractivity contribution in [3.05, 3.63) is 171 Å². The number of ketones is 2. The van der Waals surface area contributed by atoms with E-state index in [2.05, 4.69) is 4.98 Å². The molecule has 0 saturated heterocycles. The summed E-state index contributed by atoms with van der Waals surface area (Å²) in [6.07, 6.45) is -2.62. The van der Waals surface area contributed by atoms with E-state index in [0.29, 0.717) is 32.3 Å². The van der Waals surface area contributed by atoms with E-state index in [4.69, 9.17) is 32.7 Å². The number of hydrogen-bond acceptors (Lipinski definition) is 7. The van der Waals surface area contributed by atoms with Crippen molar-refractivity contribution in [1.82, 2.24) is 4.98 Å². The maximum atomic E-state index is 13.4. The van der Waals surface area contributed by atoms with Gasteiger partial charge in [-0.3, -0.25) is 9.59 Å². The Balaban J connectivity index is 1.40. The number of rotatable bonds is 10. The van der Waals surface area contributed by atoms with Crippen LogP contribution in [-0.2, 0) is 9.47 Å². The number of aromatic nitrogens is 1. The van der Waals surface area contributed by atoms with Crippen molar-refractivity contribution in [2.75, 3.05) is 0 Å². The highest BCUT2D eigenvalue weighted by Crippen LogP contribution is 2.27. The van der Waals surface area contributed by atoms with Gasteiger partial charge in [-0.2, -0.15) is 0 Å². The van der Waals surface area contributed by atoms with Crippen LogP contribution in [-0.4, -0.2) is 28.5 Å². The minimum atomic E-state index is -1.31. The lowest BCUT2D eigenvalue weighted by atomic mass is 10.00. The standard InChI is InChI=1S/C35H23Cl2NO6/c36-26-18-14-24(15-19-26)32(30(39)22-8-3-1-4-9-22)43-34(41)28-12-7-13-29(38-28)35(42)44-33(25-16-20-27(37)21-17-25)31(40)23-10-5-2-6-11-23/h1-21,32-33H. The third-order valence-electron chi connectivity index (χ3n) is 6.56. The van der Waals surface area contributed by atoms with Crippen molar-refractivity contribution in [2.45, 2.75) is 12.2 Å². The molecule has 0 saturated carbocycles. The number of Topliss-reactive ketones (excluding diaryl/α,β-unsaturated/α-hetero) is 2. The molecule has 0 aliphatic carbocycles. The highest BCUT2D eigenvalue weighted by molar-refractivity contribution is 6.30. The first kappa shape index (κ1) is 30.4. The summed E-state index contributed by atoms with van der Waals surface area (Å²) in [4.78, 5) is 57.5. The predicted molar refractivity (Wildman–Crippen MR) is 165 cm³/mol. The maximum absolute atomic E-state index is 13.4.